The summed E-state index contributed by atoms with van der Waals surface area (Å²) < 4.78 is 0. The van der Waals surface area contributed by atoms with Crippen LogP contribution in [0.5, 0.6) is 0 Å². The van der Waals surface area contributed by atoms with Crippen molar-refractivity contribution in [3.05, 3.63) is 83.7 Å². The number of pyridine rings is 1. The molecule has 0 radical (unpaired) electrons. The summed E-state index contributed by atoms with van der Waals surface area (Å²) in [5.41, 5.74) is 5.32. The number of aromatic nitrogens is 1. The quantitative estimate of drug-likeness (QED) is 0.733. The Morgan fingerprint density at radius 2 is 1.58 bits per heavy atom. The molecule has 0 saturated heterocycles. The van der Waals surface area contributed by atoms with Crippen molar-refractivity contribution in [3.63, 3.8) is 0 Å². The minimum absolute atomic E-state index is 0.230. The second-order valence-electron chi connectivity index (χ2n) is 5.64. The molecule has 0 fully saturated rings. The normalized spacial score (nSPS) is 10.2. The Morgan fingerprint density at radius 1 is 0.875 bits per heavy atom. The Bertz CT molecular complexity index is 840. The van der Waals surface area contributed by atoms with Gasteiger partial charge in [0.15, 0.2) is 0 Å². The molecule has 1 heterocycles. The molecule has 0 bridgehead atoms. The van der Waals surface area contributed by atoms with E-state index in [4.69, 9.17) is 0 Å². The third kappa shape index (κ3) is 3.60. The van der Waals surface area contributed by atoms with Crippen LogP contribution in [0.4, 0.5) is 17.1 Å². The van der Waals surface area contributed by atoms with Gasteiger partial charge in [0.25, 0.3) is 5.91 Å². The van der Waals surface area contributed by atoms with E-state index < -0.39 is 0 Å². The maximum absolute atomic E-state index is 12.4. The maximum Gasteiger partial charge on any atom is 0.274 e. The lowest BCUT2D eigenvalue weighted by Gasteiger charge is -2.13. The van der Waals surface area contributed by atoms with Gasteiger partial charge in [0, 0.05) is 23.3 Å². The molecular formula is C20H19N3O. The zero-order valence-electron chi connectivity index (χ0n) is 13.7. The van der Waals surface area contributed by atoms with E-state index in [-0.39, 0.29) is 5.91 Å². The Kier molecular flexibility index (Phi) is 4.57. The van der Waals surface area contributed by atoms with Crippen molar-refractivity contribution in [2.24, 2.45) is 0 Å². The van der Waals surface area contributed by atoms with Crippen molar-refractivity contribution in [2.45, 2.75) is 13.8 Å². The first kappa shape index (κ1) is 15.7. The lowest BCUT2D eigenvalue weighted by Crippen LogP contribution is -2.13. The molecule has 0 aliphatic heterocycles. The summed E-state index contributed by atoms with van der Waals surface area (Å²) in [6.07, 6.45) is 1.63. The summed E-state index contributed by atoms with van der Waals surface area (Å²) in [6.45, 7) is 4.11. The highest BCUT2D eigenvalue weighted by molar-refractivity contribution is 6.03. The van der Waals surface area contributed by atoms with Crippen molar-refractivity contribution in [2.75, 3.05) is 10.6 Å². The molecule has 0 saturated carbocycles. The average molecular weight is 317 g/mol. The highest BCUT2D eigenvalue weighted by Gasteiger charge is 2.09. The number of anilines is 3. The van der Waals surface area contributed by atoms with Gasteiger partial charge >= 0.3 is 0 Å². The van der Waals surface area contributed by atoms with Crippen LogP contribution in [0.2, 0.25) is 0 Å². The molecule has 4 nitrogen and oxygen atoms in total. The molecule has 2 N–H and O–H groups in total. The average Bonchev–Trinajstić information content (AvgIpc) is 2.59. The van der Waals surface area contributed by atoms with Gasteiger partial charge in [0.1, 0.15) is 5.69 Å². The minimum Gasteiger partial charge on any atom is -0.355 e. The SMILES string of the molecule is Cc1cccc(C)c1Nc1ccnc(C(=O)Nc2ccccc2)c1. The first-order valence-electron chi connectivity index (χ1n) is 7.79. The van der Waals surface area contributed by atoms with Crippen LogP contribution in [0.15, 0.2) is 66.9 Å². The third-order valence-corrected chi connectivity index (χ3v) is 3.77. The number of carbonyl (C=O) groups is 1. The number of aryl methyl sites for hydroxylation is 2. The molecule has 1 amide bonds. The van der Waals surface area contributed by atoms with Gasteiger partial charge in [-0.2, -0.15) is 0 Å². The van der Waals surface area contributed by atoms with Crippen LogP contribution in [0.25, 0.3) is 0 Å². The Labute approximate surface area is 141 Å². The van der Waals surface area contributed by atoms with Gasteiger partial charge in [-0.05, 0) is 49.2 Å². The van der Waals surface area contributed by atoms with Crippen LogP contribution in [0, 0.1) is 13.8 Å². The van der Waals surface area contributed by atoms with Gasteiger partial charge in [-0.3, -0.25) is 9.78 Å². The Hall–Kier alpha value is -3.14. The zero-order valence-corrected chi connectivity index (χ0v) is 13.7. The van der Waals surface area contributed by atoms with E-state index in [2.05, 4.69) is 41.6 Å². The number of rotatable bonds is 4. The molecule has 24 heavy (non-hydrogen) atoms. The fraction of sp³-hybridized carbons (Fsp3) is 0.100. The van der Waals surface area contributed by atoms with E-state index in [0.717, 1.165) is 28.2 Å². The summed E-state index contributed by atoms with van der Waals surface area (Å²) >= 11 is 0. The van der Waals surface area contributed by atoms with Crippen molar-refractivity contribution < 1.29 is 4.79 Å². The van der Waals surface area contributed by atoms with Gasteiger partial charge < -0.3 is 10.6 Å². The molecule has 0 aliphatic carbocycles. The van der Waals surface area contributed by atoms with Crippen LogP contribution >= 0.6 is 0 Å². The molecule has 0 unspecified atom stereocenters. The predicted octanol–water partition coefficient (Wildman–Crippen LogP) is 4.69. The van der Waals surface area contributed by atoms with Gasteiger partial charge in [-0.15, -0.1) is 0 Å². The number of carbonyl (C=O) groups excluding carboxylic acids is 1. The second kappa shape index (κ2) is 6.96. The summed E-state index contributed by atoms with van der Waals surface area (Å²) in [4.78, 5) is 16.5. The fourth-order valence-electron chi connectivity index (χ4n) is 2.51. The molecule has 2 aromatic carbocycles. The lowest BCUT2D eigenvalue weighted by atomic mass is 10.1. The van der Waals surface area contributed by atoms with Gasteiger partial charge in [0.2, 0.25) is 0 Å². The lowest BCUT2D eigenvalue weighted by molar-refractivity contribution is 0.102. The predicted molar refractivity (Wildman–Crippen MR) is 97.8 cm³/mol. The summed E-state index contributed by atoms with van der Waals surface area (Å²) in [6, 6.07) is 19.1. The molecule has 1 aromatic heterocycles. The number of amides is 1. The van der Waals surface area contributed by atoms with Crippen molar-refractivity contribution in [1.29, 1.82) is 0 Å². The van der Waals surface area contributed by atoms with Crippen LogP contribution in [0.1, 0.15) is 21.6 Å². The monoisotopic (exact) mass is 317 g/mol. The third-order valence-electron chi connectivity index (χ3n) is 3.77. The van der Waals surface area contributed by atoms with Crippen molar-refractivity contribution >= 4 is 23.0 Å². The topological polar surface area (TPSA) is 54.0 Å². The van der Waals surface area contributed by atoms with E-state index in [1.165, 1.54) is 0 Å². The molecule has 3 aromatic rings. The Balaban J connectivity index is 1.80. The summed E-state index contributed by atoms with van der Waals surface area (Å²) in [5.74, 6) is -0.230. The summed E-state index contributed by atoms with van der Waals surface area (Å²) in [7, 11) is 0. The number of nitrogens with zero attached hydrogens (tertiary/aromatic N) is 1. The van der Waals surface area contributed by atoms with Crippen molar-refractivity contribution in [3.8, 4) is 0 Å². The number of benzene rings is 2. The maximum atomic E-state index is 12.4. The molecule has 0 atom stereocenters. The number of hydrogen-bond acceptors (Lipinski definition) is 3. The van der Waals surface area contributed by atoms with E-state index in [9.17, 15) is 4.79 Å². The Morgan fingerprint density at radius 3 is 2.29 bits per heavy atom. The van der Waals surface area contributed by atoms with Crippen LogP contribution < -0.4 is 10.6 Å². The first-order chi connectivity index (χ1) is 11.6. The number of para-hydroxylation sites is 2. The van der Waals surface area contributed by atoms with Gasteiger partial charge in [0.05, 0.1) is 0 Å². The van der Waals surface area contributed by atoms with Gasteiger partial charge in [-0.25, -0.2) is 0 Å². The van der Waals surface area contributed by atoms with Gasteiger partial charge in [-0.1, -0.05) is 36.4 Å². The molecule has 4 heteroatoms. The first-order valence-corrected chi connectivity index (χ1v) is 7.79. The highest BCUT2D eigenvalue weighted by atomic mass is 16.1. The van der Waals surface area contributed by atoms with E-state index in [1.807, 2.05) is 42.5 Å². The molecule has 0 spiro atoms. The molecule has 120 valence electrons. The minimum atomic E-state index is -0.230. The number of nitrogens with one attached hydrogen (secondary N) is 2. The number of hydrogen-bond donors (Lipinski definition) is 2. The molecular weight excluding hydrogens is 298 g/mol. The fourth-order valence-corrected chi connectivity index (χ4v) is 2.51. The van der Waals surface area contributed by atoms with Crippen molar-refractivity contribution in [1.82, 2.24) is 4.98 Å². The zero-order chi connectivity index (χ0) is 16.9. The van der Waals surface area contributed by atoms with Crippen LogP contribution in [-0.4, -0.2) is 10.9 Å². The van der Waals surface area contributed by atoms with E-state index in [0.29, 0.717) is 5.69 Å². The highest BCUT2D eigenvalue weighted by Crippen LogP contribution is 2.24. The largest absolute Gasteiger partial charge is 0.355 e. The van der Waals surface area contributed by atoms with E-state index in [1.54, 1.807) is 12.3 Å². The molecule has 0 aliphatic rings. The van der Waals surface area contributed by atoms with Crippen LogP contribution in [-0.2, 0) is 0 Å². The van der Waals surface area contributed by atoms with Crippen LogP contribution in [0.3, 0.4) is 0 Å². The molecule has 3 rings (SSSR count). The standard InChI is InChI=1S/C20H19N3O/c1-14-7-6-8-15(2)19(14)22-17-11-12-21-18(13-17)20(24)23-16-9-4-3-5-10-16/h3-13H,1-2H3,(H,21,22)(H,23,24). The smallest absolute Gasteiger partial charge is 0.274 e. The summed E-state index contributed by atoms with van der Waals surface area (Å²) in [5, 5.41) is 6.22. The second-order valence-corrected chi connectivity index (χ2v) is 5.64. The van der Waals surface area contributed by atoms with E-state index >= 15 is 0 Å².